The van der Waals surface area contributed by atoms with Crippen molar-refractivity contribution in [2.24, 2.45) is 5.92 Å². The molecule has 1 aromatic carbocycles. The lowest BCUT2D eigenvalue weighted by Gasteiger charge is -2.15. The molecule has 0 bridgehead atoms. The van der Waals surface area contributed by atoms with E-state index < -0.39 is 0 Å². The minimum atomic E-state index is -0.248. The van der Waals surface area contributed by atoms with E-state index in [1.165, 1.54) is 13.2 Å². The topological polar surface area (TPSA) is 58.6 Å². The number of nitrogens with one attached hydrogen (secondary N) is 1. The molecule has 4 heteroatoms. The molecule has 4 nitrogen and oxygen atoms in total. The monoisotopic (exact) mass is 279 g/mol. The summed E-state index contributed by atoms with van der Waals surface area (Å²) in [6.45, 7) is 6.37. The van der Waals surface area contributed by atoms with Gasteiger partial charge in [-0.1, -0.05) is 26.7 Å². The summed E-state index contributed by atoms with van der Waals surface area (Å²) in [5.41, 5.74) is 0.279. The van der Waals surface area contributed by atoms with Gasteiger partial charge in [-0.15, -0.1) is 0 Å². The highest BCUT2D eigenvalue weighted by Gasteiger charge is 2.14. The molecule has 0 radical (unpaired) electrons. The van der Waals surface area contributed by atoms with Crippen molar-refractivity contribution in [3.63, 3.8) is 0 Å². The predicted molar refractivity (Wildman–Crippen MR) is 80.3 cm³/mol. The van der Waals surface area contributed by atoms with Crippen LogP contribution in [0.2, 0.25) is 0 Å². The van der Waals surface area contributed by atoms with Gasteiger partial charge in [0, 0.05) is 12.1 Å². The van der Waals surface area contributed by atoms with E-state index in [2.05, 4.69) is 19.2 Å². The van der Waals surface area contributed by atoms with Crippen molar-refractivity contribution in [2.45, 2.75) is 46.1 Å². The van der Waals surface area contributed by atoms with Crippen molar-refractivity contribution in [1.82, 2.24) is 5.32 Å². The zero-order valence-electron chi connectivity index (χ0n) is 12.8. The largest absolute Gasteiger partial charge is 0.507 e. The van der Waals surface area contributed by atoms with Crippen LogP contribution in [0.1, 0.15) is 50.4 Å². The van der Waals surface area contributed by atoms with Crippen molar-refractivity contribution in [3.8, 4) is 11.5 Å². The molecule has 0 saturated heterocycles. The van der Waals surface area contributed by atoms with E-state index in [4.69, 9.17) is 4.74 Å². The van der Waals surface area contributed by atoms with Gasteiger partial charge >= 0.3 is 0 Å². The zero-order chi connectivity index (χ0) is 15.1. The molecule has 0 aliphatic carbocycles. The van der Waals surface area contributed by atoms with Gasteiger partial charge in [-0.05, 0) is 31.4 Å². The highest BCUT2D eigenvalue weighted by Crippen LogP contribution is 2.23. The summed E-state index contributed by atoms with van der Waals surface area (Å²) < 4.78 is 4.99. The van der Waals surface area contributed by atoms with Crippen molar-refractivity contribution in [3.05, 3.63) is 23.8 Å². The van der Waals surface area contributed by atoms with E-state index in [0.29, 0.717) is 11.7 Å². The van der Waals surface area contributed by atoms with Crippen LogP contribution in [0.15, 0.2) is 18.2 Å². The van der Waals surface area contributed by atoms with Crippen molar-refractivity contribution in [2.75, 3.05) is 7.11 Å². The van der Waals surface area contributed by atoms with Gasteiger partial charge in [0.2, 0.25) is 0 Å². The van der Waals surface area contributed by atoms with E-state index in [9.17, 15) is 9.90 Å². The molecule has 1 amide bonds. The lowest BCUT2D eigenvalue weighted by Crippen LogP contribution is -2.32. The fourth-order valence-corrected chi connectivity index (χ4v) is 2.04. The van der Waals surface area contributed by atoms with Gasteiger partial charge in [0.25, 0.3) is 5.91 Å². The maximum atomic E-state index is 12.1. The summed E-state index contributed by atoms with van der Waals surface area (Å²) in [5.74, 6) is 0.908. The van der Waals surface area contributed by atoms with E-state index in [1.54, 1.807) is 12.1 Å². The van der Waals surface area contributed by atoms with Crippen LogP contribution in [0, 0.1) is 5.92 Å². The number of hydrogen-bond acceptors (Lipinski definition) is 3. The van der Waals surface area contributed by atoms with Gasteiger partial charge < -0.3 is 15.2 Å². The third kappa shape index (κ3) is 5.11. The van der Waals surface area contributed by atoms with Crippen LogP contribution in [0.4, 0.5) is 0 Å². The number of methoxy groups -OCH3 is 1. The first-order chi connectivity index (χ1) is 9.43. The number of ether oxygens (including phenoxy) is 1. The van der Waals surface area contributed by atoms with Crippen molar-refractivity contribution < 1.29 is 14.6 Å². The minimum absolute atomic E-state index is 0.0590. The molecule has 1 rings (SSSR count). The van der Waals surface area contributed by atoms with Gasteiger partial charge in [-0.25, -0.2) is 0 Å². The summed E-state index contributed by atoms with van der Waals surface area (Å²) in [6, 6.07) is 4.78. The zero-order valence-corrected chi connectivity index (χ0v) is 12.8. The molecule has 2 N–H and O–H groups in total. The Hall–Kier alpha value is -1.71. The van der Waals surface area contributed by atoms with Gasteiger partial charge in [0.15, 0.2) is 0 Å². The van der Waals surface area contributed by atoms with Gasteiger partial charge in [-0.3, -0.25) is 4.79 Å². The second kappa shape index (κ2) is 7.78. The molecular formula is C16H25NO3. The Balaban J connectivity index is 2.53. The molecule has 20 heavy (non-hydrogen) atoms. The molecule has 0 fully saturated rings. The fourth-order valence-electron chi connectivity index (χ4n) is 2.04. The van der Waals surface area contributed by atoms with Crippen LogP contribution in [0.3, 0.4) is 0 Å². The van der Waals surface area contributed by atoms with Crippen LogP contribution >= 0.6 is 0 Å². The van der Waals surface area contributed by atoms with Gasteiger partial charge in [0.05, 0.1) is 12.7 Å². The summed E-state index contributed by atoms with van der Waals surface area (Å²) in [6.07, 6.45) is 3.20. The number of phenolic OH excluding ortho intramolecular Hbond substituents is 1. The molecule has 0 aliphatic rings. The normalized spacial score (nSPS) is 12.2. The van der Waals surface area contributed by atoms with E-state index in [-0.39, 0.29) is 23.3 Å². The van der Waals surface area contributed by atoms with Crippen LogP contribution in [-0.4, -0.2) is 24.2 Å². The quantitative estimate of drug-likeness (QED) is 0.804. The van der Waals surface area contributed by atoms with Crippen molar-refractivity contribution in [1.29, 1.82) is 0 Å². The summed E-state index contributed by atoms with van der Waals surface area (Å²) in [7, 11) is 1.52. The number of carbonyl (C=O) groups excluding carboxylic acids is 1. The Morgan fingerprint density at radius 3 is 2.55 bits per heavy atom. The number of aromatic hydroxyl groups is 1. The molecule has 0 heterocycles. The average Bonchev–Trinajstić information content (AvgIpc) is 2.37. The average molecular weight is 279 g/mol. The molecule has 1 aromatic rings. The molecule has 112 valence electrons. The van der Waals surface area contributed by atoms with Crippen LogP contribution in [0.5, 0.6) is 11.5 Å². The number of rotatable bonds is 7. The first-order valence-corrected chi connectivity index (χ1v) is 7.12. The highest BCUT2D eigenvalue weighted by atomic mass is 16.5. The number of hydrogen-bond donors (Lipinski definition) is 2. The third-order valence-corrected chi connectivity index (χ3v) is 3.25. The molecule has 0 saturated carbocycles. The lowest BCUT2D eigenvalue weighted by atomic mass is 10.0. The SMILES string of the molecule is COc1ccc(C(=O)N[C@@H](C)CCCC(C)C)c(O)c1. The Bertz CT molecular complexity index is 443. The van der Waals surface area contributed by atoms with Crippen LogP contribution in [0.25, 0.3) is 0 Å². The Morgan fingerprint density at radius 1 is 1.30 bits per heavy atom. The summed E-state index contributed by atoms with van der Waals surface area (Å²) >= 11 is 0. The van der Waals surface area contributed by atoms with Gasteiger partial charge in [0.1, 0.15) is 11.5 Å². The first kappa shape index (κ1) is 16.3. The molecule has 0 aliphatic heterocycles. The summed E-state index contributed by atoms with van der Waals surface area (Å²) in [4.78, 5) is 12.1. The van der Waals surface area contributed by atoms with E-state index in [1.807, 2.05) is 6.92 Å². The Morgan fingerprint density at radius 2 is 2.00 bits per heavy atom. The second-order valence-electron chi connectivity index (χ2n) is 5.58. The van der Waals surface area contributed by atoms with E-state index in [0.717, 1.165) is 19.3 Å². The number of phenols is 1. The third-order valence-electron chi connectivity index (χ3n) is 3.25. The molecule has 0 spiro atoms. The maximum absolute atomic E-state index is 12.1. The molecule has 1 atom stereocenters. The highest BCUT2D eigenvalue weighted by molar-refractivity contribution is 5.97. The standard InChI is InChI=1S/C16H25NO3/c1-11(2)6-5-7-12(3)17-16(19)14-9-8-13(20-4)10-15(14)18/h8-12,18H,5-7H2,1-4H3,(H,17,19)/t12-/m0/s1. The first-order valence-electron chi connectivity index (χ1n) is 7.12. The van der Waals surface area contributed by atoms with Crippen LogP contribution < -0.4 is 10.1 Å². The number of carbonyl (C=O) groups is 1. The van der Waals surface area contributed by atoms with Crippen molar-refractivity contribution >= 4 is 5.91 Å². The number of benzene rings is 1. The maximum Gasteiger partial charge on any atom is 0.255 e. The fraction of sp³-hybridized carbons (Fsp3) is 0.562. The van der Waals surface area contributed by atoms with E-state index >= 15 is 0 Å². The predicted octanol–water partition coefficient (Wildman–Crippen LogP) is 3.35. The molecular weight excluding hydrogens is 254 g/mol. The second-order valence-corrected chi connectivity index (χ2v) is 5.58. The lowest BCUT2D eigenvalue weighted by molar-refractivity contribution is 0.0935. The Kier molecular flexibility index (Phi) is 6.36. The Labute approximate surface area is 121 Å². The van der Waals surface area contributed by atoms with Gasteiger partial charge in [-0.2, -0.15) is 0 Å². The molecule has 0 aromatic heterocycles. The molecule has 0 unspecified atom stereocenters. The summed E-state index contributed by atoms with van der Waals surface area (Å²) in [5, 5.41) is 12.7. The van der Waals surface area contributed by atoms with Crippen LogP contribution in [-0.2, 0) is 0 Å². The number of amides is 1. The minimum Gasteiger partial charge on any atom is -0.507 e. The smallest absolute Gasteiger partial charge is 0.255 e.